The zero-order chi connectivity index (χ0) is 11.8. The Morgan fingerprint density at radius 3 is 2.76 bits per heavy atom. The number of anilines is 1. The van der Waals surface area contributed by atoms with Crippen molar-refractivity contribution in [3.63, 3.8) is 0 Å². The zero-order valence-corrected chi connectivity index (χ0v) is 9.33. The van der Waals surface area contributed by atoms with E-state index in [1.807, 2.05) is 31.3 Å². The fourth-order valence-electron chi connectivity index (χ4n) is 1.86. The number of nitrogen functional groups attached to an aromatic ring is 1. The van der Waals surface area contributed by atoms with Gasteiger partial charge in [0.05, 0.1) is 18.1 Å². The molecule has 0 aliphatic heterocycles. The van der Waals surface area contributed by atoms with E-state index >= 15 is 0 Å². The Kier molecular flexibility index (Phi) is 2.04. The van der Waals surface area contributed by atoms with Crippen LogP contribution in [0.3, 0.4) is 0 Å². The van der Waals surface area contributed by atoms with Crippen LogP contribution in [0, 0.1) is 0 Å². The molecule has 0 fully saturated rings. The van der Waals surface area contributed by atoms with Crippen LogP contribution in [0.15, 0.2) is 36.7 Å². The first-order chi connectivity index (χ1) is 8.25. The number of hydrogen-bond donors (Lipinski definition) is 1. The van der Waals surface area contributed by atoms with Crippen LogP contribution < -0.4 is 5.73 Å². The molecule has 0 aliphatic carbocycles. The standard InChI is InChI=1S/C12H11N5/c1-17-12(13)5-11(16-17)9-4-2-3-8-6-14-15-7-10(8)9/h2-7H,13H2,1H3. The molecule has 0 amide bonds. The van der Waals surface area contributed by atoms with E-state index in [1.165, 1.54) is 0 Å². The molecule has 0 bridgehead atoms. The lowest BCUT2D eigenvalue weighted by Crippen LogP contribution is -1.96. The number of aryl methyl sites for hydroxylation is 1. The SMILES string of the molecule is Cn1nc(-c2cccc3cnncc23)cc1N. The number of nitrogens with two attached hydrogens (primary N) is 1. The highest BCUT2D eigenvalue weighted by molar-refractivity contribution is 5.94. The van der Waals surface area contributed by atoms with E-state index in [0.29, 0.717) is 5.82 Å². The summed E-state index contributed by atoms with van der Waals surface area (Å²) in [6.07, 6.45) is 3.49. The molecule has 2 aromatic heterocycles. The van der Waals surface area contributed by atoms with Gasteiger partial charge in [-0.3, -0.25) is 4.68 Å². The number of rotatable bonds is 1. The van der Waals surface area contributed by atoms with Crippen LogP contribution in [0.2, 0.25) is 0 Å². The van der Waals surface area contributed by atoms with Gasteiger partial charge in [-0.1, -0.05) is 18.2 Å². The second-order valence-electron chi connectivity index (χ2n) is 3.88. The van der Waals surface area contributed by atoms with E-state index < -0.39 is 0 Å². The minimum atomic E-state index is 0.638. The average Bonchev–Trinajstić information content (AvgIpc) is 2.69. The van der Waals surface area contributed by atoms with E-state index in [4.69, 9.17) is 5.73 Å². The largest absolute Gasteiger partial charge is 0.384 e. The Balaban J connectivity index is 2.30. The Hall–Kier alpha value is -2.43. The van der Waals surface area contributed by atoms with Crippen LogP contribution in [0.5, 0.6) is 0 Å². The van der Waals surface area contributed by atoms with Crippen molar-refractivity contribution in [2.75, 3.05) is 5.73 Å². The molecule has 0 saturated carbocycles. The molecule has 0 atom stereocenters. The van der Waals surface area contributed by atoms with Gasteiger partial charge in [0.2, 0.25) is 0 Å². The van der Waals surface area contributed by atoms with E-state index in [2.05, 4.69) is 15.3 Å². The van der Waals surface area contributed by atoms with Crippen molar-refractivity contribution in [3.05, 3.63) is 36.7 Å². The fraction of sp³-hybridized carbons (Fsp3) is 0.0833. The summed E-state index contributed by atoms with van der Waals surface area (Å²) in [5.74, 6) is 0.638. The van der Waals surface area contributed by atoms with E-state index in [1.54, 1.807) is 17.1 Å². The van der Waals surface area contributed by atoms with Crippen LogP contribution in [0.1, 0.15) is 0 Å². The van der Waals surface area contributed by atoms with Gasteiger partial charge in [-0.15, -0.1) is 0 Å². The maximum Gasteiger partial charge on any atom is 0.121 e. The molecule has 3 aromatic rings. The predicted octanol–water partition coefficient (Wildman–Crippen LogP) is 1.61. The fourth-order valence-corrected chi connectivity index (χ4v) is 1.86. The summed E-state index contributed by atoms with van der Waals surface area (Å²) in [7, 11) is 1.82. The summed E-state index contributed by atoms with van der Waals surface area (Å²) in [4.78, 5) is 0. The monoisotopic (exact) mass is 225 g/mol. The Morgan fingerprint density at radius 2 is 2.00 bits per heavy atom. The molecule has 3 rings (SSSR count). The lowest BCUT2D eigenvalue weighted by molar-refractivity contribution is 0.782. The van der Waals surface area contributed by atoms with Gasteiger partial charge in [0, 0.05) is 29.4 Å². The summed E-state index contributed by atoms with van der Waals surface area (Å²) in [5, 5.41) is 14.2. The van der Waals surface area contributed by atoms with Crippen molar-refractivity contribution >= 4 is 16.6 Å². The molecular weight excluding hydrogens is 214 g/mol. The highest BCUT2D eigenvalue weighted by atomic mass is 15.3. The Bertz CT molecular complexity index is 661. The second-order valence-corrected chi connectivity index (χ2v) is 3.88. The zero-order valence-electron chi connectivity index (χ0n) is 9.33. The molecule has 0 unspecified atom stereocenters. The molecule has 0 radical (unpaired) electrons. The first-order valence-corrected chi connectivity index (χ1v) is 5.25. The normalized spacial score (nSPS) is 10.9. The maximum absolute atomic E-state index is 5.79. The molecule has 0 aliphatic rings. The summed E-state index contributed by atoms with van der Waals surface area (Å²) < 4.78 is 1.66. The molecule has 0 spiro atoms. The van der Waals surface area contributed by atoms with Gasteiger partial charge in [-0.25, -0.2) is 0 Å². The first kappa shape index (κ1) is 9.77. The number of nitrogens with zero attached hydrogens (tertiary/aromatic N) is 4. The van der Waals surface area contributed by atoms with Gasteiger partial charge < -0.3 is 5.73 Å². The molecule has 5 heteroatoms. The third-order valence-electron chi connectivity index (χ3n) is 2.78. The highest BCUT2D eigenvalue weighted by Gasteiger charge is 2.08. The summed E-state index contributed by atoms with van der Waals surface area (Å²) in [6.45, 7) is 0. The average molecular weight is 225 g/mol. The van der Waals surface area contributed by atoms with Crippen LogP contribution in [0.25, 0.3) is 22.0 Å². The highest BCUT2D eigenvalue weighted by Crippen LogP contribution is 2.27. The van der Waals surface area contributed by atoms with Crippen molar-refractivity contribution in [1.29, 1.82) is 0 Å². The molecule has 84 valence electrons. The lowest BCUT2D eigenvalue weighted by atomic mass is 10.1. The van der Waals surface area contributed by atoms with Gasteiger partial charge in [0.1, 0.15) is 5.82 Å². The summed E-state index contributed by atoms with van der Waals surface area (Å²) >= 11 is 0. The van der Waals surface area contributed by atoms with Gasteiger partial charge in [0.25, 0.3) is 0 Å². The van der Waals surface area contributed by atoms with Crippen molar-refractivity contribution in [1.82, 2.24) is 20.0 Å². The topological polar surface area (TPSA) is 69.6 Å². The van der Waals surface area contributed by atoms with E-state index in [9.17, 15) is 0 Å². The van der Waals surface area contributed by atoms with Gasteiger partial charge in [-0.2, -0.15) is 15.3 Å². The summed E-state index contributed by atoms with van der Waals surface area (Å²) in [6, 6.07) is 7.84. The lowest BCUT2D eigenvalue weighted by Gasteiger charge is -2.01. The summed E-state index contributed by atoms with van der Waals surface area (Å²) in [5.41, 5.74) is 7.66. The molecular formula is C12H11N5. The smallest absolute Gasteiger partial charge is 0.121 e. The molecule has 5 nitrogen and oxygen atoms in total. The van der Waals surface area contributed by atoms with Crippen molar-refractivity contribution in [2.45, 2.75) is 0 Å². The molecule has 17 heavy (non-hydrogen) atoms. The molecule has 0 saturated heterocycles. The minimum Gasteiger partial charge on any atom is -0.384 e. The van der Waals surface area contributed by atoms with Crippen LogP contribution >= 0.6 is 0 Å². The Labute approximate surface area is 97.9 Å². The second kappa shape index (κ2) is 3.55. The molecule has 1 aromatic carbocycles. The molecule has 2 heterocycles. The third kappa shape index (κ3) is 1.52. The number of benzene rings is 1. The van der Waals surface area contributed by atoms with Gasteiger partial charge in [0.15, 0.2) is 0 Å². The molecule has 2 N–H and O–H groups in total. The van der Waals surface area contributed by atoms with Gasteiger partial charge in [-0.05, 0) is 0 Å². The number of hydrogen-bond acceptors (Lipinski definition) is 4. The maximum atomic E-state index is 5.79. The first-order valence-electron chi connectivity index (χ1n) is 5.25. The predicted molar refractivity (Wildman–Crippen MR) is 66.2 cm³/mol. The number of fused-ring (bicyclic) bond motifs is 1. The van der Waals surface area contributed by atoms with Crippen LogP contribution in [-0.4, -0.2) is 20.0 Å². The van der Waals surface area contributed by atoms with Crippen LogP contribution in [0.4, 0.5) is 5.82 Å². The van der Waals surface area contributed by atoms with E-state index in [-0.39, 0.29) is 0 Å². The van der Waals surface area contributed by atoms with Gasteiger partial charge >= 0.3 is 0 Å². The third-order valence-corrected chi connectivity index (χ3v) is 2.78. The van der Waals surface area contributed by atoms with E-state index in [0.717, 1.165) is 22.0 Å². The van der Waals surface area contributed by atoms with Crippen LogP contribution in [-0.2, 0) is 7.05 Å². The Morgan fingerprint density at radius 1 is 1.18 bits per heavy atom. The minimum absolute atomic E-state index is 0.638. The van der Waals surface area contributed by atoms with Crippen molar-refractivity contribution < 1.29 is 0 Å². The quantitative estimate of drug-likeness (QED) is 0.683. The number of aromatic nitrogens is 4. The van der Waals surface area contributed by atoms with Crippen molar-refractivity contribution in [2.24, 2.45) is 7.05 Å². The van der Waals surface area contributed by atoms with Crippen molar-refractivity contribution in [3.8, 4) is 11.3 Å².